The van der Waals surface area contributed by atoms with Crippen molar-refractivity contribution in [1.29, 1.82) is 0 Å². The number of amides is 1. The van der Waals surface area contributed by atoms with Crippen LogP contribution in [0.2, 0.25) is 0 Å². The Morgan fingerprint density at radius 2 is 2.04 bits per heavy atom. The van der Waals surface area contributed by atoms with E-state index in [4.69, 9.17) is 0 Å². The fourth-order valence-corrected chi connectivity index (χ4v) is 3.10. The van der Waals surface area contributed by atoms with Crippen LogP contribution in [0.3, 0.4) is 0 Å². The molecule has 8 nitrogen and oxygen atoms in total. The summed E-state index contributed by atoms with van der Waals surface area (Å²) in [4.78, 5) is 28.5. The molecule has 0 aliphatic rings. The minimum Gasteiger partial charge on any atom is -0.322 e. The zero-order valence-corrected chi connectivity index (χ0v) is 15.7. The molecule has 0 fully saturated rings. The molecule has 1 N–H and O–H groups in total. The number of imidazole rings is 1. The van der Waals surface area contributed by atoms with Gasteiger partial charge in [0.2, 0.25) is 5.91 Å². The van der Waals surface area contributed by atoms with Gasteiger partial charge >= 0.3 is 0 Å². The van der Waals surface area contributed by atoms with Crippen LogP contribution in [0.25, 0.3) is 5.65 Å². The predicted octanol–water partition coefficient (Wildman–Crippen LogP) is 2.14. The molecule has 4 heterocycles. The molecule has 4 aromatic rings. The van der Waals surface area contributed by atoms with E-state index in [2.05, 4.69) is 31.3 Å². The van der Waals surface area contributed by atoms with Gasteiger partial charge in [-0.3, -0.25) is 14.3 Å². The number of nitrogens with zero attached hydrogens (tertiary/aromatic N) is 5. The average Bonchev–Trinajstić information content (AvgIpc) is 3.24. The lowest BCUT2D eigenvalue weighted by Crippen LogP contribution is -2.26. The van der Waals surface area contributed by atoms with Crippen LogP contribution in [0.1, 0.15) is 5.69 Å². The molecule has 0 aliphatic heterocycles. The highest BCUT2D eigenvalue weighted by Crippen LogP contribution is 2.10. The van der Waals surface area contributed by atoms with Gasteiger partial charge in [-0.25, -0.2) is 4.98 Å². The van der Waals surface area contributed by atoms with Gasteiger partial charge < -0.3 is 14.3 Å². The summed E-state index contributed by atoms with van der Waals surface area (Å²) in [6.07, 6.45) is 8.75. The number of rotatable bonds is 5. The van der Waals surface area contributed by atoms with Gasteiger partial charge in [0, 0.05) is 35.3 Å². The summed E-state index contributed by atoms with van der Waals surface area (Å²) in [7, 11) is 0. The zero-order valence-electron chi connectivity index (χ0n) is 14.1. The maximum atomic E-state index is 12.2. The lowest BCUT2D eigenvalue weighted by Gasteiger charge is -2.06. The molecule has 0 spiro atoms. The van der Waals surface area contributed by atoms with E-state index in [1.165, 1.54) is 10.6 Å². The fourth-order valence-electron chi connectivity index (χ4n) is 2.72. The van der Waals surface area contributed by atoms with Crippen LogP contribution in [0.4, 0.5) is 5.69 Å². The Bertz CT molecular complexity index is 1140. The zero-order chi connectivity index (χ0) is 18.8. The van der Waals surface area contributed by atoms with Crippen molar-refractivity contribution in [3.63, 3.8) is 0 Å². The second kappa shape index (κ2) is 7.20. The number of aromatic nitrogens is 5. The first-order valence-electron chi connectivity index (χ1n) is 8.18. The van der Waals surface area contributed by atoms with E-state index < -0.39 is 0 Å². The van der Waals surface area contributed by atoms with Gasteiger partial charge in [0.1, 0.15) is 12.2 Å². The van der Waals surface area contributed by atoms with Gasteiger partial charge in [-0.2, -0.15) is 5.10 Å². The van der Waals surface area contributed by atoms with Crippen molar-refractivity contribution in [3.8, 4) is 0 Å². The first-order chi connectivity index (χ1) is 13.1. The number of fused-ring (bicyclic) bond motifs is 1. The number of anilines is 1. The minimum atomic E-state index is -0.303. The highest BCUT2D eigenvalue weighted by atomic mass is 79.9. The van der Waals surface area contributed by atoms with Gasteiger partial charge in [0.25, 0.3) is 5.56 Å². The molecule has 0 aliphatic carbocycles. The highest BCUT2D eigenvalue weighted by Gasteiger charge is 2.08. The third-order valence-electron chi connectivity index (χ3n) is 3.92. The normalized spacial score (nSPS) is 11.0. The molecular formula is C18H15BrN6O2. The Morgan fingerprint density at radius 1 is 1.15 bits per heavy atom. The molecule has 0 unspecified atom stereocenters. The topological polar surface area (TPSA) is 86.2 Å². The predicted molar refractivity (Wildman–Crippen MR) is 104 cm³/mol. The summed E-state index contributed by atoms with van der Waals surface area (Å²) in [6.45, 7) is 0.415. The molecule has 0 bridgehead atoms. The van der Waals surface area contributed by atoms with E-state index in [-0.39, 0.29) is 18.0 Å². The molecule has 4 rings (SSSR count). The summed E-state index contributed by atoms with van der Waals surface area (Å²) in [5, 5.41) is 7.00. The van der Waals surface area contributed by atoms with Gasteiger partial charge in [-0.15, -0.1) is 0 Å². The second-order valence-corrected chi connectivity index (χ2v) is 6.90. The number of carbonyl (C=O) groups excluding carboxylic acids is 1. The third kappa shape index (κ3) is 3.98. The van der Waals surface area contributed by atoms with Crippen molar-refractivity contribution >= 4 is 33.2 Å². The molecule has 0 radical (unpaired) electrons. The molecule has 1 amide bonds. The fraction of sp³-hybridized carbons (Fsp3) is 0.111. The molecule has 27 heavy (non-hydrogen) atoms. The maximum absolute atomic E-state index is 12.2. The molecule has 9 heteroatoms. The Balaban J connectivity index is 1.42. The monoisotopic (exact) mass is 426 g/mol. The van der Waals surface area contributed by atoms with E-state index >= 15 is 0 Å². The second-order valence-electron chi connectivity index (χ2n) is 5.99. The summed E-state index contributed by atoms with van der Waals surface area (Å²) in [6, 6.07) is 8.85. The molecule has 0 aromatic carbocycles. The van der Waals surface area contributed by atoms with Gasteiger partial charge in [0.05, 0.1) is 24.1 Å². The van der Waals surface area contributed by atoms with Gasteiger partial charge in [-0.1, -0.05) is 6.07 Å². The minimum absolute atomic E-state index is 0.0735. The van der Waals surface area contributed by atoms with Crippen LogP contribution in [0.15, 0.2) is 70.6 Å². The maximum Gasteiger partial charge on any atom is 0.251 e. The number of hydrogen-bond acceptors (Lipinski definition) is 4. The summed E-state index contributed by atoms with van der Waals surface area (Å²) in [5.41, 5.74) is 2.05. The number of carbonyl (C=O) groups is 1. The van der Waals surface area contributed by atoms with Crippen molar-refractivity contribution in [3.05, 3.63) is 81.8 Å². The summed E-state index contributed by atoms with van der Waals surface area (Å²) >= 11 is 3.29. The Morgan fingerprint density at radius 3 is 2.89 bits per heavy atom. The van der Waals surface area contributed by atoms with Crippen molar-refractivity contribution in [2.45, 2.75) is 13.1 Å². The standard InChI is InChI=1S/C18H15BrN6O2/c19-13-4-5-18(27)24(8-13)12-17(26)22-14-7-20-25(10-14)11-15-9-23-6-2-1-3-16(23)21-15/h1-10H,11-12H2,(H,22,26). The average molecular weight is 427 g/mol. The number of halogens is 1. The number of nitrogens with one attached hydrogen (secondary N) is 1. The highest BCUT2D eigenvalue weighted by molar-refractivity contribution is 9.10. The lowest BCUT2D eigenvalue weighted by atomic mass is 10.4. The van der Waals surface area contributed by atoms with E-state index in [0.29, 0.717) is 12.2 Å². The van der Waals surface area contributed by atoms with Crippen LogP contribution >= 0.6 is 15.9 Å². The first-order valence-corrected chi connectivity index (χ1v) is 8.97. The van der Waals surface area contributed by atoms with Crippen LogP contribution in [0, 0.1) is 0 Å². The van der Waals surface area contributed by atoms with E-state index in [1.54, 1.807) is 29.3 Å². The third-order valence-corrected chi connectivity index (χ3v) is 4.39. The van der Waals surface area contributed by atoms with Crippen molar-refractivity contribution in [2.24, 2.45) is 0 Å². The Labute approximate surface area is 162 Å². The van der Waals surface area contributed by atoms with Gasteiger partial charge in [0.15, 0.2) is 0 Å². The lowest BCUT2D eigenvalue weighted by molar-refractivity contribution is -0.116. The van der Waals surface area contributed by atoms with Crippen LogP contribution in [-0.4, -0.2) is 29.6 Å². The molecule has 0 saturated heterocycles. The Hall–Kier alpha value is -3.20. The number of pyridine rings is 2. The van der Waals surface area contributed by atoms with Crippen LogP contribution in [-0.2, 0) is 17.9 Å². The Kier molecular flexibility index (Phi) is 4.59. The van der Waals surface area contributed by atoms with Crippen molar-refractivity contribution < 1.29 is 4.79 Å². The SMILES string of the molecule is O=C(Cn1cc(Br)ccc1=O)Nc1cnn(Cc2cn3ccccc3n2)c1. The molecule has 0 saturated carbocycles. The number of hydrogen-bond donors (Lipinski definition) is 1. The van der Waals surface area contributed by atoms with Crippen molar-refractivity contribution in [2.75, 3.05) is 5.32 Å². The molecule has 4 aromatic heterocycles. The van der Waals surface area contributed by atoms with Crippen LogP contribution < -0.4 is 10.9 Å². The molecule has 0 atom stereocenters. The summed E-state index contributed by atoms with van der Waals surface area (Å²) in [5.74, 6) is -0.303. The van der Waals surface area contributed by atoms with Crippen molar-refractivity contribution in [1.82, 2.24) is 23.7 Å². The first kappa shape index (κ1) is 17.2. The summed E-state index contributed by atoms with van der Waals surface area (Å²) < 4.78 is 5.70. The van der Waals surface area contributed by atoms with Crippen LogP contribution in [0.5, 0.6) is 0 Å². The quantitative estimate of drug-likeness (QED) is 0.529. The largest absolute Gasteiger partial charge is 0.322 e. The van der Waals surface area contributed by atoms with E-state index in [9.17, 15) is 9.59 Å². The van der Waals surface area contributed by atoms with E-state index in [1.807, 2.05) is 35.0 Å². The molecular weight excluding hydrogens is 412 g/mol. The smallest absolute Gasteiger partial charge is 0.251 e. The van der Waals surface area contributed by atoms with E-state index in [0.717, 1.165) is 15.8 Å². The molecule has 136 valence electrons. The van der Waals surface area contributed by atoms with Gasteiger partial charge in [-0.05, 0) is 34.1 Å².